The molecule has 1 rings (SSSR count). The average Bonchev–Trinajstić information content (AvgIpc) is 2.34. The second-order valence-electron chi connectivity index (χ2n) is 4.76. The van der Waals surface area contributed by atoms with Crippen molar-refractivity contribution in [2.24, 2.45) is 5.92 Å². The summed E-state index contributed by atoms with van der Waals surface area (Å²) < 4.78 is 26.8. The molecule has 0 aromatic rings. The number of halogens is 2. The van der Waals surface area contributed by atoms with E-state index in [4.69, 9.17) is 0 Å². The molecule has 0 bridgehead atoms. The molecule has 1 aliphatic carbocycles. The average molecular weight is 274 g/mol. The van der Waals surface area contributed by atoms with Gasteiger partial charge in [-0.1, -0.05) is 26.3 Å². The van der Waals surface area contributed by atoms with Gasteiger partial charge in [0.05, 0.1) is 0 Å². The molecule has 0 heterocycles. The first-order chi connectivity index (χ1) is 8.49. The van der Waals surface area contributed by atoms with Crippen molar-refractivity contribution in [3.05, 3.63) is 23.6 Å². The zero-order valence-corrected chi connectivity index (χ0v) is 12.1. The van der Waals surface area contributed by atoms with Crippen LogP contribution in [0.5, 0.6) is 0 Å². The van der Waals surface area contributed by atoms with Crippen LogP contribution in [0.2, 0.25) is 0 Å². The highest BCUT2D eigenvalue weighted by molar-refractivity contribution is 7.18. The maximum absolute atomic E-state index is 13.4. The zero-order chi connectivity index (χ0) is 13.7. The molecule has 0 N–H and O–H groups in total. The number of rotatable bonds is 6. The van der Waals surface area contributed by atoms with Crippen molar-refractivity contribution in [2.75, 3.05) is 0 Å². The monoisotopic (exact) mass is 274 g/mol. The molecule has 18 heavy (non-hydrogen) atoms. The molecule has 0 aromatic heterocycles. The fraction of sp³-hybridized carbons (Fsp3) is 0.643. The number of ketones is 1. The molecule has 0 fully saturated rings. The number of carbonyl (C=O) groups is 1. The van der Waals surface area contributed by atoms with Gasteiger partial charge in [0.2, 0.25) is 0 Å². The van der Waals surface area contributed by atoms with Crippen molar-refractivity contribution in [1.82, 2.24) is 0 Å². The van der Waals surface area contributed by atoms with E-state index >= 15 is 0 Å². The van der Waals surface area contributed by atoms with Crippen molar-refractivity contribution in [1.29, 1.82) is 0 Å². The molecular formula is C14H21F2OP. The topological polar surface area (TPSA) is 17.1 Å². The lowest BCUT2D eigenvalue weighted by Gasteiger charge is -2.24. The summed E-state index contributed by atoms with van der Waals surface area (Å²) in [6.45, 7) is 3.86. The van der Waals surface area contributed by atoms with Gasteiger partial charge in [0, 0.05) is 18.5 Å². The molecular weight excluding hydrogens is 253 g/mol. The van der Waals surface area contributed by atoms with Crippen LogP contribution >= 0.6 is 9.24 Å². The first-order valence-corrected chi connectivity index (χ1v) is 7.16. The van der Waals surface area contributed by atoms with Gasteiger partial charge in [-0.05, 0) is 24.0 Å². The molecule has 0 saturated heterocycles. The molecule has 102 valence electrons. The minimum Gasteiger partial charge on any atom is -0.300 e. The van der Waals surface area contributed by atoms with Crippen LogP contribution in [-0.2, 0) is 4.79 Å². The minimum atomic E-state index is -1.57. The predicted octanol–water partition coefficient (Wildman–Crippen LogP) is 4.15. The number of carbonyl (C=O) groups excluding carboxylic acids is 1. The maximum Gasteiger partial charge on any atom is 0.161 e. The van der Waals surface area contributed by atoms with E-state index in [1.54, 1.807) is 6.08 Å². The summed E-state index contributed by atoms with van der Waals surface area (Å²) in [6.07, 6.45) is 4.12. The fourth-order valence-electron chi connectivity index (χ4n) is 2.19. The molecule has 0 amide bonds. The molecule has 1 nitrogen and oxygen atoms in total. The summed E-state index contributed by atoms with van der Waals surface area (Å²) in [6, 6.07) is 0. The van der Waals surface area contributed by atoms with Crippen molar-refractivity contribution in [3.63, 3.8) is 0 Å². The fourth-order valence-corrected chi connectivity index (χ4v) is 2.59. The van der Waals surface area contributed by atoms with Crippen LogP contribution in [0.25, 0.3) is 0 Å². The number of alkyl halides is 1. The van der Waals surface area contributed by atoms with E-state index < -0.39 is 17.7 Å². The summed E-state index contributed by atoms with van der Waals surface area (Å²) >= 11 is 0. The molecule has 1 aliphatic rings. The lowest BCUT2D eigenvalue weighted by molar-refractivity contribution is -0.119. The van der Waals surface area contributed by atoms with E-state index in [1.165, 1.54) is 6.08 Å². The van der Waals surface area contributed by atoms with E-state index in [-0.39, 0.29) is 11.7 Å². The van der Waals surface area contributed by atoms with Gasteiger partial charge in [-0.2, -0.15) is 0 Å². The van der Waals surface area contributed by atoms with Gasteiger partial charge in [-0.15, -0.1) is 9.24 Å². The van der Waals surface area contributed by atoms with Crippen LogP contribution in [0.4, 0.5) is 8.78 Å². The third-order valence-electron chi connectivity index (χ3n) is 3.27. The smallest absolute Gasteiger partial charge is 0.161 e. The third kappa shape index (κ3) is 3.98. The van der Waals surface area contributed by atoms with Gasteiger partial charge in [0.25, 0.3) is 0 Å². The van der Waals surface area contributed by atoms with E-state index in [1.807, 2.05) is 13.8 Å². The van der Waals surface area contributed by atoms with E-state index in [0.717, 1.165) is 18.4 Å². The highest BCUT2D eigenvalue weighted by atomic mass is 31.0. The van der Waals surface area contributed by atoms with Gasteiger partial charge in [0.15, 0.2) is 6.17 Å². The van der Waals surface area contributed by atoms with Crippen molar-refractivity contribution >= 4 is 15.0 Å². The van der Waals surface area contributed by atoms with Crippen LogP contribution in [0.3, 0.4) is 0 Å². The van der Waals surface area contributed by atoms with E-state index in [0.29, 0.717) is 12.8 Å². The van der Waals surface area contributed by atoms with Crippen molar-refractivity contribution < 1.29 is 13.6 Å². The molecule has 0 spiro atoms. The van der Waals surface area contributed by atoms with Crippen molar-refractivity contribution in [3.8, 4) is 0 Å². The maximum atomic E-state index is 13.4. The van der Waals surface area contributed by atoms with Crippen LogP contribution in [0.15, 0.2) is 23.6 Å². The first kappa shape index (κ1) is 15.5. The second kappa shape index (κ2) is 7.13. The molecule has 4 atom stereocenters. The Morgan fingerprint density at radius 2 is 2.17 bits per heavy atom. The summed E-state index contributed by atoms with van der Waals surface area (Å²) in [4.78, 5) is 11.5. The number of hydrogen-bond donors (Lipinski definition) is 0. The van der Waals surface area contributed by atoms with Crippen LogP contribution in [-0.4, -0.2) is 17.6 Å². The highest BCUT2D eigenvalue weighted by Crippen LogP contribution is 2.33. The molecule has 4 heteroatoms. The molecule has 0 aliphatic heterocycles. The quantitative estimate of drug-likeness (QED) is 0.665. The Bertz CT molecular complexity index is 363. The van der Waals surface area contributed by atoms with E-state index in [9.17, 15) is 13.6 Å². The Labute approximate surface area is 110 Å². The van der Waals surface area contributed by atoms with Gasteiger partial charge in [-0.3, -0.25) is 4.79 Å². The molecule has 4 unspecified atom stereocenters. The number of allylic oxidation sites excluding steroid dienone is 4. The standard InChI is InChI=1S/C14H21F2OP/c1-3-5-9(6-11(17)4-2)10-7-12(15)14(16)13(18)8-10/h7-9,13-14H,3-6,18H2,1-2H3. The van der Waals surface area contributed by atoms with Crippen LogP contribution in [0, 0.1) is 5.92 Å². The summed E-state index contributed by atoms with van der Waals surface area (Å²) in [5.74, 6) is -0.535. The third-order valence-corrected chi connectivity index (χ3v) is 3.80. The van der Waals surface area contributed by atoms with Crippen LogP contribution in [0.1, 0.15) is 39.5 Å². The number of hydrogen-bond acceptors (Lipinski definition) is 1. The lowest BCUT2D eigenvalue weighted by atomic mass is 9.85. The van der Waals surface area contributed by atoms with E-state index in [2.05, 4.69) is 9.24 Å². The predicted molar refractivity (Wildman–Crippen MR) is 74.0 cm³/mol. The largest absolute Gasteiger partial charge is 0.300 e. The SMILES string of the molecule is CCCC(CC(=O)CC)C1=CC(P)C(F)C(F)=C1. The molecule has 0 aromatic carbocycles. The van der Waals surface area contributed by atoms with Crippen molar-refractivity contribution in [2.45, 2.75) is 51.4 Å². The lowest BCUT2D eigenvalue weighted by Crippen LogP contribution is -2.21. The summed E-state index contributed by atoms with van der Waals surface area (Å²) in [5, 5.41) is 0. The first-order valence-electron chi connectivity index (χ1n) is 6.49. The minimum absolute atomic E-state index is 0.0174. The molecule has 0 radical (unpaired) electrons. The van der Waals surface area contributed by atoms with Gasteiger partial charge >= 0.3 is 0 Å². The van der Waals surface area contributed by atoms with Gasteiger partial charge < -0.3 is 0 Å². The Morgan fingerprint density at radius 3 is 2.67 bits per heavy atom. The van der Waals surface area contributed by atoms with Crippen LogP contribution < -0.4 is 0 Å². The number of Topliss-reactive ketones (excluding diaryl/α,β-unsaturated/α-hetero) is 1. The second-order valence-corrected chi connectivity index (χ2v) is 5.53. The normalized spacial score (nSPS) is 25.4. The summed E-state index contributed by atoms with van der Waals surface area (Å²) in [7, 11) is 2.31. The Hall–Kier alpha value is -0.560. The Morgan fingerprint density at radius 1 is 1.50 bits per heavy atom. The van der Waals surface area contributed by atoms with Gasteiger partial charge in [0.1, 0.15) is 11.6 Å². The Balaban J connectivity index is 2.86. The summed E-state index contributed by atoms with van der Waals surface area (Å²) in [5.41, 5.74) is 0.242. The highest BCUT2D eigenvalue weighted by Gasteiger charge is 2.27. The zero-order valence-electron chi connectivity index (χ0n) is 11.0. The molecule has 0 saturated carbocycles. The Kier molecular flexibility index (Phi) is 6.14. The van der Waals surface area contributed by atoms with Gasteiger partial charge in [-0.25, -0.2) is 8.78 Å².